The van der Waals surface area contributed by atoms with Gasteiger partial charge in [0.15, 0.2) is 0 Å². The number of nitrogens with zero attached hydrogens (tertiary/aromatic N) is 1. The lowest BCUT2D eigenvalue weighted by Gasteiger charge is -2.28. The Balaban J connectivity index is 0.000000220. The molecule has 0 saturated heterocycles. The van der Waals surface area contributed by atoms with Crippen LogP contribution in [0.2, 0.25) is 0 Å². The summed E-state index contributed by atoms with van der Waals surface area (Å²) < 4.78 is 0. The Hall–Kier alpha value is -4.92. The molecule has 5 aromatic carbocycles. The third-order valence-electron chi connectivity index (χ3n) is 8.74. The summed E-state index contributed by atoms with van der Waals surface area (Å²) in [5.74, 6) is 0. The molecule has 1 aliphatic carbocycles. The van der Waals surface area contributed by atoms with Crippen LogP contribution in [0.4, 0.5) is 11.4 Å². The molecule has 0 spiro atoms. The van der Waals surface area contributed by atoms with Crippen molar-refractivity contribution < 1.29 is 0 Å². The monoisotopic (exact) mass is 572 g/mol. The lowest BCUT2D eigenvalue weighted by Crippen LogP contribution is -2.17. The van der Waals surface area contributed by atoms with Crippen LogP contribution < -0.4 is 10.6 Å². The lowest BCUT2D eigenvalue weighted by molar-refractivity contribution is 0.660. The molecular weight excluding hydrogens is 532 g/mol. The number of anilines is 2. The summed E-state index contributed by atoms with van der Waals surface area (Å²) in [4.78, 5) is 2.26. The molecule has 0 radical (unpaired) electrons. The molecule has 1 unspecified atom stereocenters. The van der Waals surface area contributed by atoms with Gasteiger partial charge in [0.2, 0.25) is 0 Å². The number of rotatable bonds is 4. The highest BCUT2D eigenvalue weighted by Crippen LogP contribution is 2.51. The first kappa shape index (κ1) is 29.2. The van der Waals surface area contributed by atoms with E-state index in [1.165, 1.54) is 33.4 Å². The number of nitrogens with two attached hydrogens (primary N) is 1. The van der Waals surface area contributed by atoms with Crippen LogP contribution in [0.25, 0.3) is 16.7 Å². The summed E-state index contributed by atoms with van der Waals surface area (Å²) in [7, 11) is 0. The maximum atomic E-state index is 6.07. The molecule has 1 heterocycles. The Kier molecular flexibility index (Phi) is 8.19. The summed E-state index contributed by atoms with van der Waals surface area (Å²) in [5.41, 5.74) is 19.7. The summed E-state index contributed by atoms with van der Waals surface area (Å²) in [5, 5.41) is 0. The second kappa shape index (κ2) is 12.4. The Bertz CT molecular complexity index is 1790. The minimum Gasteiger partial charge on any atom is -0.324 e. The van der Waals surface area contributed by atoms with Gasteiger partial charge in [0.25, 0.3) is 0 Å². The van der Waals surface area contributed by atoms with Crippen LogP contribution in [0.1, 0.15) is 60.2 Å². The second-order valence-corrected chi connectivity index (χ2v) is 12.2. The zero-order chi connectivity index (χ0) is 30.7. The van der Waals surface area contributed by atoms with Crippen molar-refractivity contribution in [2.24, 2.45) is 5.73 Å². The largest absolute Gasteiger partial charge is 0.324 e. The molecule has 0 bridgehead atoms. The molecule has 0 aromatic heterocycles. The summed E-state index contributed by atoms with van der Waals surface area (Å²) in [6.45, 7) is 11.0. The van der Waals surface area contributed by atoms with Gasteiger partial charge in [-0.3, -0.25) is 0 Å². The summed E-state index contributed by atoms with van der Waals surface area (Å²) >= 11 is 0. The van der Waals surface area contributed by atoms with Gasteiger partial charge < -0.3 is 10.6 Å². The molecule has 44 heavy (non-hydrogen) atoms. The summed E-state index contributed by atoms with van der Waals surface area (Å²) in [6, 6.07) is 43.1. The van der Waals surface area contributed by atoms with Gasteiger partial charge in [0.05, 0.1) is 5.69 Å². The van der Waals surface area contributed by atoms with Crippen molar-refractivity contribution >= 4 is 16.9 Å². The van der Waals surface area contributed by atoms with Crippen LogP contribution in [0.3, 0.4) is 0 Å². The topological polar surface area (TPSA) is 29.3 Å². The summed E-state index contributed by atoms with van der Waals surface area (Å²) in [6.07, 6.45) is 9.37. The molecule has 0 saturated carbocycles. The van der Waals surface area contributed by atoms with E-state index >= 15 is 0 Å². The van der Waals surface area contributed by atoms with Crippen molar-refractivity contribution in [3.8, 4) is 11.1 Å². The average molecular weight is 573 g/mol. The molecule has 2 nitrogen and oxygen atoms in total. The SMILES string of the molecule is C=C1/C=C\C=C/N(c2ccc(C(C)N)cc2)c2cc3c(cc21)-c1ccccc1C3(C)C.c1ccc(Cc2ccccc2)cc1. The molecule has 1 aliphatic heterocycles. The van der Waals surface area contributed by atoms with Crippen LogP contribution in [0, 0.1) is 0 Å². The van der Waals surface area contributed by atoms with E-state index < -0.39 is 0 Å². The van der Waals surface area contributed by atoms with Crippen LogP contribution in [-0.4, -0.2) is 0 Å². The fraction of sp³-hybridized carbons (Fsp3) is 0.143. The van der Waals surface area contributed by atoms with E-state index in [4.69, 9.17) is 5.73 Å². The number of fused-ring (bicyclic) bond motifs is 4. The molecule has 2 heteroatoms. The number of allylic oxidation sites excluding steroid dienone is 4. The maximum Gasteiger partial charge on any atom is 0.0537 e. The van der Waals surface area contributed by atoms with Crippen molar-refractivity contribution in [2.75, 3.05) is 4.90 Å². The maximum absolute atomic E-state index is 6.07. The molecule has 0 amide bonds. The number of hydrogen-bond acceptors (Lipinski definition) is 2. The zero-order valence-electron chi connectivity index (χ0n) is 25.9. The normalized spacial score (nSPS) is 16.3. The van der Waals surface area contributed by atoms with E-state index in [0.717, 1.165) is 34.5 Å². The van der Waals surface area contributed by atoms with Crippen molar-refractivity contribution in [3.63, 3.8) is 0 Å². The first-order valence-corrected chi connectivity index (χ1v) is 15.4. The molecule has 7 rings (SSSR count). The highest BCUT2D eigenvalue weighted by atomic mass is 15.1. The van der Waals surface area contributed by atoms with Gasteiger partial charge in [0.1, 0.15) is 0 Å². The minimum absolute atomic E-state index is 0.0227. The predicted octanol–water partition coefficient (Wildman–Crippen LogP) is 10.5. The Morgan fingerprint density at radius 2 is 1.30 bits per heavy atom. The fourth-order valence-corrected chi connectivity index (χ4v) is 6.26. The molecule has 1 atom stereocenters. The average Bonchev–Trinajstić information content (AvgIpc) is 3.27. The molecule has 5 aromatic rings. The van der Waals surface area contributed by atoms with Crippen LogP contribution in [0.15, 0.2) is 152 Å². The molecule has 2 aliphatic rings. The Labute approximate surface area is 262 Å². The van der Waals surface area contributed by atoms with Gasteiger partial charge in [0, 0.05) is 28.9 Å². The molecular formula is C42H40N2. The van der Waals surface area contributed by atoms with Crippen LogP contribution in [0.5, 0.6) is 0 Å². The van der Waals surface area contributed by atoms with Crippen molar-refractivity contribution in [2.45, 2.75) is 38.6 Å². The van der Waals surface area contributed by atoms with Gasteiger partial charge in [-0.05, 0) is 88.2 Å². The standard InChI is InChI=1S/C29H28N2.C13H12/c1-19-9-7-8-16-31(22-14-12-21(13-15-22)20(2)30)28-18-27-25(17-24(19)28)23-10-5-6-11-26(23)29(27,3)4;1-3-7-12(8-4-1)11-13-9-5-2-6-10-13/h5-18,20H,1,30H2,2-4H3;1-10H,11H2/b9-7-,16-8-;. The van der Waals surface area contributed by atoms with Gasteiger partial charge in [-0.25, -0.2) is 0 Å². The zero-order valence-corrected chi connectivity index (χ0v) is 25.9. The first-order chi connectivity index (χ1) is 21.3. The fourth-order valence-electron chi connectivity index (χ4n) is 6.26. The highest BCUT2D eigenvalue weighted by Gasteiger charge is 2.36. The van der Waals surface area contributed by atoms with E-state index in [1.54, 1.807) is 0 Å². The molecule has 218 valence electrons. The van der Waals surface area contributed by atoms with E-state index in [2.05, 4.69) is 171 Å². The molecule has 0 fully saturated rings. The van der Waals surface area contributed by atoms with Crippen LogP contribution >= 0.6 is 0 Å². The Morgan fingerprint density at radius 1 is 0.682 bits per heavy atom. The smallest absolute Gasteiger partial charge is 0.0537 e. The molecule has 2 N–H and O–H groups in total. The third-order valence-corrected chi connectivity index (χ3v) is 8.74. The quantitative estimate of drug-likeness (QED) is 0.232. The second-order valence-electron chi connectivity index (χ2n) is 12.2. The Morgan fingerprint density at radius 3 is 1.93 bits per heavy atom. The van der Waals surface area contributed by atoms with Gasteiger partial charge in [-0.2, -0.15) is 0 Å². The first-order valence-electron chi connectivity index (χ1n) is 15.4. The van der Waals surface area contributed by atoms with Crippen molar-refractivity contribution in [1.29, 1.82) is 0 Å². The van der Waals surface area contributed by atoms with E-state index in [0.29, 0.717) is 0 Å². The van der Waals surface area contributed by atoms with E-state index in [9.17, 15) is 0 Å². The van der Waals surface area contributed by atoms with Gasteiger partial charge in [-0.1, -0.05) is 130 Å². The lowest BCUT2D eigenvalue weighted by atomic mass is 9.81. The highest BCUT2D eigenvalue weighted by molar-refractivity contribution is 5.92. The van der Waals surface area contributed by atoms with E-state index in [1.807, 2.05) is 6.92 Å². The van der Waals surface area contributed by atoms with Crippen molar-refractivity contribution in [1.82, 2.24) is 0 Å². The predicted molar refractivity (Wildman–Crippen MR) is 188 cm³/mol. The number of benzene rings is 5. The van der Waals surface area contributed by atoms with Crippen LogP contribution in [-0.2, 0) is 11.8 Å². The minimum atomic E-state index is -0.0469. The van der Waals surface area contributed by atoms with Crippen molar-refractivity contribution in [3.05, 3.63) is 186 Å². The number of hydrogen-bond donors (Lipinski definition) is 1. The van der Waals surface area contributed by atoms with Gasteiger partial charge >= 0.3 is 0 Å². The van der Waals surface area contributed by atoms with Gasteiger partial charge in [-0.15, -0.1) is 0 Å². The third kappa shape index (κ3) is 5.82. The van der Waals surface area contributed by atoms with E-state index in [-0.39, 0.29) is 11.5 Å².